The second kappa shape index (κ2) is 10.3. The van der Waals surface area contributed by atoms with Crippen LogP contribution in [0.2, 0.25) is 0 Å². The summed E-state index contributed by atoms with van der Waals surface area (Å²) in [6.07, 6.45) is 3.54. The quantitative estimate of drug-likeness (QED) is 0.589. The van der Waals surface area contributed by atoms with E-state index in [2.05, 4.69) is 30.6 Å². The minimum Gasteiger partial charge on any atom is -0.453 e. The number of benzene rings is 1. The molecular weight excluding hydrogens is 436 g/mol. The van der Waals surface area contributed by atoms with Crippen molar-refractivity contribution in [2.75, 3.05) is 37.9 Å². The van der Waals surface area contributed by atoms with Gasteiger partial charge in [-0.15, -0.1) is 0 Å². The molecule has 176 valence electrons. The highest BCUT2D eigenvalue weighted by Gasteiger charge is 2.26. The Morgan fingerprint density at radius 1 is 1.09 bits per heavy atom. The van der Waals surface area contributed by atoms with Gasteiger partial charge in [-0.2, -0.15) is 10.2 Å². The number of aromatic nitrogens is 3. The molecule has 0 aliphatic carbocycles. The highest BCUT2D eigenvalue weighted by atomic mass is 16.5. The third kappa shape index (κ3) is 5.29. The number of urea groups is 1. The fraction of sp³-hybridized carbons (Fsp3) is 0.292. The zero-order valence-electron chi connectivity index (χ0n) is 19.2. The molecule has 1 saturated heterocycles. The molecule has 1 atom stereocenters. The third-order valence-corrected chi connectivity index (χ3v) is 5.69. The number of hydrogen-bond acceptors (Lipinski definition) is 7. The van der Waals surface area contributed by atoms with Crippen molar-refractivity contribution in [1.29, 1.82) is 0 Å². The molecule has 3 amide bonds. The van der Waals surface area contributed by atoms with E-state index in [9.17, 15) is 9.59 Å². The Morgan fingerprint density at radius 3 is 2.71 bits per heavy atom. The van der Waals surface area contributed by atoms with E-state index < -0.39 is 6.09 Å². The van der Waals surface area contributed by atoms with Gasteiger partial charge in [0.25, 0.3) is 0 Å². The van der Waals surface area contributed by atoms with Crippen molar-refractivity contribution in [2.45, 2.75) is 19.4 Å². The average molecular weight is 463 g/mol. The van der Waals surface area contributed by atoms with Gasteiger partial charge < -0.3 is 19.7 Å². The van der Waals surface area contributed by atoms with E-state index >= 15 is 0 Å². The predicted octanol–water partition coefficient (Wildman–Crippen LogP) is 3.94. The third-order valence-electron chi connectivity index (χ3n) is 5.69. The molecule has 0 unspecified atom stereocenters. The Balaban J connectivity index is 1.56. The Labute approximate surface area is 197 Å². The minimum atomic E-state index is -0.598. The van der Waals surface area contributed by atoms with Gasteiger partial charge in [0.05, 0.1) is 25.1 Å². The first kappa shape index (κ1) is 23.1. The van der Waals surface area contributed by atoms with E-state index in [1.54, 1.807) is 30.5 Å². The van der Waals surface area contributed by atoms with Crippen LogP contribution in [-0.2, 0) is 9.47 Å². The summed E-state index contributed by atoms with van der Waals surface area (Å²) in [4.78, 5) is 30.0. The van der Waals surface area contributed by atoms with Gasteiger partial charge in [-0.3, -0.25) is 5.32 Å². The maximum atomic E-state index is 12.7. The van der Waals surface area contributed by atoms with Crippen molar-refractivity contribution in [2.24, 2.45) is 0 Å². The Bertz CT molecular complexity index is 1200. The number of carbonyl (C=O) groups excluding carboxylic acids is 2. The van der Waals surface area contributed by atoms with Gasteiger partial charge in [-0.05, 0) is 54.8 Å². The summed E-state index contributed by atoms with van der Waals surface area (Å²) in [7, 11) is 2.95. The number of hydrogen-bond donors (Lipinski definition) is 2. The molecule has 3 aromatic rings. The van der Waals surface area contributed by atoms with E-state index in [4.69, 9.17) is 4.74 Å². The Kier molecular flexibility index (Phi) is 6.98. The van der Waals surface area contributed by atoms with Crippen molar-refractivity contribution in [3.8, 4) is 22.4 Å². The summed E-state index contributed by atoms with van der Waals surface area (Å²) < 4.78 is 9.97. The molecule has 34 heavy (non-hydrogen) atoms. The summed E-state index contributed by atoms with van der Waals surface area (Å²) in [6.45, 7) is 3.21. The van der Waals surface area contributed by atoms with Gasteiger partial charge in [-0.1, -0.05) is 6.07 Å². The maximum Gasteiger partial charge on any atom is 0.412 e. The zero-order chi connectivity index (χ0) is 24.1. The molecule has 0 bridgehead atoms. The summed E-state index contributed by atoms with van der Waals surface area (Å²) in [6, 6.07) is 11.0. The van der Waals surface area contributed by atoms with Gasteiger partial charge in [0.1, 0.15) is 5.82 Å². The van der Waals surface area contributed by atoms with Crippen molar-refractivity contribution >= 4 is 23.6 Å². The molecule has 3 heterocycles. The number of carbonyl (C=O) groups is 2. The van der Waals surface area contributed by atoms with Gasteiger partial charge in [0, 0.05) is 43.2 Å². The first-order valence-electron chi connectivity index (χ1n) is 10.8. The summed E-state index contributed by atoms with van der Waals surface area (Å²) in [5.41, 5.74) is 4.79. The van der Waals surface area contributed by atoms with Crippen LogP contribution in [0.3, 0.4) is 0 Å². The molecule has 10 nitrogen and oxygen atoms in total. The Morgan fingerprint density at radius 2 is 1.94 bits per heavy atom. The monoisotopic (exact) mass is 462 g/mol. The molecule has 2 N–H and O–H groups in total. The lowest BCUT2D eigenvalue weighted by Crippen LogP contribution is -2.33. The fourth-order valence-corrected chi connectivity index (χ4v) is 3.77. The smallest absolute Gasteiger partial charge is 0.412 e. The molecule has 2 aromatic heterocycles. The first-order valence-corrected chi connectivity index (χ1v) is 10.8. The predicted molar refractivity (Wildman–Crippen MR) is 127 cm³/mol. The minimum absolute atomic E-state index is 0.0777. The number of rotatable bonds is 5. The van der Waals surface area contributed by atoms with Gasteiger partial charge in [-0.25, -0.2) is 14.6 Å². The van der Waals surface area contributed by atoms with Crippen LogP contribution in [0.1, 0.15) is 12.0 Å². The highest BCUT2D eigenvalue weighted by Crippen LogP contribution is 2.29. The summed E-state index contributed by atoms with van der Waals surface area (Å²) in [5.74, 6) is 0.362. The molecule has 1 aliphatic rings. The van der Waals surface area contributed by atoms with E-state index in [-0.39, 0.29) is 12.1 Å². The van der Waals surface area contributed by atoms with Gasteiger partial charge in [0.15, 0.2) is 0 Å². The van der Waals surface area contributed by atoms with E-state index in [0.717, 1.165) is 28.7 Å². The molecule has 10 heteroatoms. The van der Waals surface area contributed by atoms with Crippen LogP contribution >= 0.6 is 0 Å². The van der Waals surface area contributed by atoms with E-state index in [1.807, 2.05) is 37.3 Å². The van der Waals surface area contributed by atoms with Gasteiger partial charge in [0.2, 0.25) is 0 Å². The lowest BCUT2D eigenvalue weighted by molar-refractivity contribution is 0.111. The van der Waals surface area contributed by atoms with E-state index in [1.165, 1.54) is 7.11 Å². The number of pyridine rings is 1. The van der Waals surface area contributed by atoms with Crippen molar-refractivity contribution in [3.63, 3.8) is 0 Å². The molecule has 0 spiro atoms. The maximum absolute atomic E-state index is 12.7. The molecule has 0 saturated carbocycles. The second-order valence-electron chi connectivity index (χ2n) is 7.93. The molecule has 1 aromatic carbocycles. The number of nitrogens with one attached hydrogen (secondary N) is 2. The van der Waals surface area contributed by atoms with Crippen LogP contribution in [0.25, 0.3) is 22.4 Å². The number of anilines is 2. The molecule has 4 rings (SSSR count). The van der Waals surface area contributed by atoms with E-state index in [0.29, 0.717) is 30.3 Å². The Hall–Kier alpha value is -4.05. The van der Waals surface area contributed by atoms with Crippen LogP contribution in [0, 0.1) is 6.92 Å². The van der Waals surface area contributed by atoms with Crippen LogP contribution in [0.4, 0.5) is 21.1 Å². The van der Waals surface area contributed by atoms with Crippen LogP contribution in [-0.4, -0.2) is 65.6 Å². The summed E-state index contributed by atoms with van der Waals surface area (Å²) >= 11 is 0. The normalized spacial score (nSPS) is 15.1. The number of amides is 3. The van der Waals surface area contributed by atoms with Crippen LogP contribution in [0.15, 0.2) is 48.8 Å². The average Bonchev–Trinajstić information content (AvgIpc) is 3.35. The zero-order valence-corrected chi connectivity index (χ0v) is 19.2. The van der Waals surface area contributed by atoms with Crippen molar-refractivity contribution in [3.05, 3.63) is 54.4 Å². The van der Waals surface area contributed by atoms with Crippen LogP contribution in [0.5, 0.6) is 0 Å². The van der Waals surface area contributed by atoms with Crippen molar-refractivity contribution in [1.82, 2.24) is 20.1 Å². The van der Waals surface area contributed by atoms with Crippen LogP contribution < -0.4 is 10.6 Å². The molecular formula is C24H26N6O4. The molecule has 0 radical (unpaired) electrons. The fourth-order valence-electron chi connectivity index (χ4n) is 3.77. The largest absolute Gasteiger partial charge is 0.453 e. The number of ether oxygens (including phenoxy) is 2. The standard InChI is InChI=1S/C24H26N6O4/c1-15-4-5-18(27-23(31)30-9-7-19(14-30)33-2)12-20(15)21-10-17(13-26-29-21)16-6-8-25-22(11-16)28-24(32)34-3/h4-6,8,10-13,19H,7,9,14H2,1-3H3,(H,27,31)(H,25,28,32)/t19-/m0/s1. The lowest BCUT2D eigenvalue weighted by atomic mass is 10.0. The number of aryl methyl sites for hydroxylation is 1. The first-order chi connectivity index (χ1) is 16.5. The number of nitrogens with zero attached hydrogens (tertiary/aromatic N) is 4. The topological polar surface area (TPSA) is 119 Å². The molecule has 1 aliphatic heterocycles. The van der Waals surface area contributed by atoms with Gasteiger partial charge >= 0.3 is 12.1 Å². The lowest BCUT2D eigenvalue weighted by Gasteiger charge is -2.18. The van der Waals surface area contributed by atoms with Crippen molar-refractivity contribution < 1.29 is 19.1 Å². The highest BCUT2D eigenvalue weighted by molar-refractivity contribution is 5.90. The second-order valence-corrected chi connectivity index (χ2v) is 7.93. The summed E-state index contributed by atoms with van der Waals surface area (Å²) in [5, 5.41) is 14.0. The molecule has 1 fully saturated rings. The number of likely N-dealkylation sites (tertiary alicyclic amines) is 1. The number of methoxy groups -OCH3 is 2. The SMILES string of the molecule is COC(=O)Nc1cc(-c2cnnc(-c3cc(NC(=O)N4CC[C@H](OC)C4)ccc3C)c2)ccn1.